The molecule has 0 unspecified atom stereocenters. The highest BCUT2D eigenvalue weighted by Gasteiger charge is 2.23. The highest BCUT2D eigenvalue weighted by molar-refractivity contribution is 5.38. The van der Waals surface area contributed by atoms with Crippen LogP contribution in [0.3, 0.4) is 0 Å². The van der Waals surface area contributed by atoms with Gasteiger partial charge in [-0.15, -0.1) is 0 Å². The maximum absolute atomic E-state index is 9.04. The molecule has 1 N–H and O–H groups in total. The molecule has 1 fully saturated rings. The Labute approximate surface area is 130 Å². The van der Waals surface area contributed by atoms with Crippen molar-refractivity contribution in [3.05, 3.63) is 48.3 Å². The summed E-state index contributed by atoms with van der Waals surface area (Å²) in [4.78, 5) is 11.0. The van der Waals surface area contributed by atoms with Gasteiger partial charge in [-0.2, -0.15) is 4.98 Å². The Morgan fingerprint density at radius 2 is 2.09 bits per heavy atom. The lowest BCUT2D eigenvalue weighted by atomic mass is 10.1. The van der Waals surface area contributed by atoms with E-state index < -0.39 is 0 Å². The zero-order valence-corrected chi connectivity index (χ0v) is 12.6. The molecule has 0 spiro atoms. The summed E-state index contributed by atoms with van der Waals surface area (Å²) in [5.41, 5.74) is 1.11. The molecule has 5 heteroatoms. The summed E-state index contributed by atoms with van der Waals surface area (Å²) in [6.45, 7) is 2.63. The molecule has 0 amide bonds. The van der Waals surface area contributed by atoms with Crippen molar-refractivity contribution in [1.29, 1.82) is 0 Å². The van der Waals surface area contributed by atoms with Crippen LogP contribution in [0.15, 0.2) is 42.7 Å². The van der Waals surface area contributed by atoms with Crippen LogP contribution in [-0.4, -0.2) is 34.8 Å². The third-order valence-electron chi connectivity index (χ3n) is 3.98. The molecule has 1 aromatic heterocycles. The van der Waals surface area contributed by atoms with Crippen molar-refractivity contribution < 1.29 is 9.84 Å². The number of hydrogen-bond donors (Lipinski definition) is 1. The SMILES string of the molecule is OCC[C@H]1CCN(c2cncc(OCc3ccccc3)n2)C1. The second-order valence-electron chi connectivity index (χ2n) is 5.60. The molecule has 0 aliphatic carbocycles. The lowest BCUT2D eigenvalue weighted by Crippen LogP contribution is -2.21. The predicted octanol–water partition coefficient (Wildman–Crippen LogP) is 2.26. The largest absolute Gasteiger partial charge is 0.472 e. The quantitative estimate of drug-likeness (QED) is 0.886. The molecule has 116 valence electrons. The van der Waals surface area contributed by atoms with Crippen LogP contribution in [0.1, 0.15) is 18.4 Å². The first-order chi connectivity index (χ1) is 10.8. The topological polar surface area (TPSA) is 58.5 Å². The van der Waals surface area contributed by atoms with E-state index in [1.54, 1.807) is 12.4 Å². The number of aliphatic hydroxyl groups excluding tert-OH is 1. The van der Waals surface area contributed by atoms with Crippen molar-refractivity contribution in [3.8, 4) is 5.88 Å². The number of nitrogens with zero attached hydrogens (tertiary/aromatic N) is 3. The molecular weight excluding hydrogens is 278 g/mol. The van der Waals surface area contributed by atoms with Gasteiger partial charge in [0.15, 0.2) is 5.82 Å². The number of aromatic nitrogens is 2. The molecule has 1 aliphatic rings. The standard InChI is InChI=1S/C17H21N3O2/c21-9-7-14-6-8-20(12-14)16-10-18-11-17(19-16)22-13-15-4-2-1-3-5-15/h1-5,10-11,14,21H,6-9,12-13H2/t14-/m1/s1. The van der Waals surface area contributed by atoms with Gasteiger partial charge in [0.2, 0.25) is 5.88 Å². The normalized spacial score (nSPS) is 17.7. The molecule has 2 heterocycles. The van der Waals surface area contributed by atoms with Gasteiger partial charge in [0.1, 0.15) is 6.61 Å². The van der Waals surface area contributed by atoms with Crippen LogP contribution in [0.25, 0.3) is 0 Å². The zero-order valence-electron chi connectivity index (χ0n) is 12.6. The molecule has 22 heavy (non-hydrogen) atoms. The zero-order chi connectivity index (χ0) is 15.2. The van der Waals surface area contributed by atoms with Crippen molar-refractivity contribution in [3.63, 3.8) is 0 Å². The summed E-state index contributed by atoms with van der Waals surface area (Å²) in [5.74, 6) is 1.94. The van der Waals surface area contributed by atoms with Crippen LogP contribution in [0.4, 0.5) is 5.82 Å². The van der Waals surface area contributed by atoms with E-state index in [1.165, 1.54) is 0 Å². The molecule has 2 aromatic rings. The summed E-state index contributed by atoms with van der Waals surface area (Å²) in [6, 6.07) is 10.0. The van der Waals surface area contributed by atoms with E-state index in [2.05, 4.69) is 14.9 Å². The summed E-state index contributed by atoms with van der Waals surface area (Å²) < 4.78 is 5.73. The highest BCUT2D eigenvalue weighted by atomic mass is 16.5. The van der Waals surface area contributed by atoms with Crippen molar-refractivity contribution in [1.82, 2.24) is 9.97 Å². The van der Waals surface area contributed by atoms with Gasteiger partial charge in [-0.05, 0) is 24.3 Å². The lowest BCUT2D eigenvalue weighted by molar-refractivity contribution is 0.263. The molecule has 1 atom stereocenters. The van der Waals surface area contributed by atoms with E-state index >= 15 is 0 Å². The fourth-order valence-corrected chi connectivity index (χ4v) is 2.75. The molecule has 1 aromatic carbocycles. The number of aliphatic hydroxyl groups is 1. The second-order valence-corrected chi connectivity index (χ2v) is 5.60. The fourth-order valence-electron chi connectivity index (χ4n) is 2.75. The maximum atomic E-state index is 9.04. The van der Waals surface area contributed by atoms with E-state index in [0.717, 1.165) is 37.3 Å². The van der Waals surface area contributed by atoms with Gasteiger partial charge in [0.05, 0.1) is 12.4 Å². The highest BCUT2D eigenvalue weighted by Crippen LogP contribution is 2.24. The van der Waals surface area contributed by atoms with Gasteiger partial charge in [0, 0.05) is 19.7 Å². The fraction of sp³-hybridized carbons (Fsp3) is 0.412. The maximum Gasteiger partial charge on any atom is 0.234 e. The number of rotatable bonds is 6. The molecule has 0 radical (unpaired) electrons. The minimum Gasteiger partial charge on any atom is -0.472 e. The minimum atomic E-state index is 0.254. The van der Waals surface area contributed by atoms with Gasteiger partial charge >= 0.3 is 0 Å². The average molecular weight is 299 g/mol. The molecule has 0 bridgehead atoms. The third-order valence-corrected chi connectivity index (χ3v) is 3.98. The first-order valence-corrected chi connectivity index (χ1v) is 7.70. The molecule has 1 aliphatic heterocycles. The summed E-state index contributed by atoms with van der Waals surface area (Å²) >= 11 is 0. The Kier molecular flexibility index (Phi) is 4.85. The van der Waals surface area contributed by atoms with E-state index in [-0.39, 0.29) is 6.61 Å². The minimum absolute atomic E-state index is 0.254. The Balaban J connectivity index is 1.61. The molecular formula is C17H21N3O2. The van der Waals surface area contributed by atoms with Crippen molar-refractivity contribution in [2.75, 3.05) is 24.6 Å². The van der Waals surface area contributed by atoms with E-state index in [4.69, 9.17) is 9.84 Å². The summed E-state index contributed by atoms with van der Waals surface area (Å²) in [5, 5.41) is 9.04. The smallest absolute Gasteiger partial charge is 0.234 e. The van der Waals surface area contributed by atoms with Crippen molar-refractivity contribution >= 4 is 5.82 Å². The number of anilines is 1. The number of ether oxygens (including phenoxy) is 1. The Bertz CT molecular complexity index is 591. The third kappa shape index (κ3) is 3.74. The van der Waals surface area contributed by atoms with Gasteiger partial charge in [-0.3, -0.25) is 4.98 Å². The van der Waals surface area contributed by atoms with E-state index in [1.807, 2.05) is 30.3 Å². The van der Waals surface area contributed by atoms with Crippen molar-refractivity contribution in [2.45, 2.75) is 19.4 Å². The average Bonchev–Trinajstić information content (AvgIpc) is 3.03. The molecule has 5 nitrogen and oxygen atoms in total. The van der Waals surface area contributed by atoms with Crippen LogP contribution < -0.4 is 9.64 Å². The Hall–Kier alpha value is -2.14. The van der Waals surface area contributed by atoms with E-state index in [0.29, 0.717) is 18.4 Å². The lowest BCUT2D eigenvalue weighted by Gasteiger charge is -2.17. The first kappa shape index (κ1) is 14.8. The van der Waals surface area contributed by atoms with Gasteiger partial charge in [-0.25, -0.2) is 0 Å². The van der Waals surface area contributed by atoms with Gasteiger partial charge in [0.25, 0.3) is 0 Å². The monoisotopic (exact) mass is 299 g/mol. The van der Waals surface area contributed by atoms with Crippen LogP contribution in [-0.2, 0) is 6.61 Å². The summed E-state index contributed by atoms with van der Waals surface area (Å²) in [6.07, 6.45) is 5.37. The van der Waals surface area contributed by atoms with Crippen LogP contribution in [0, 0.1) is 5.92 Å². The second kappa shape index (κ2) is 7.22. The van der Waals surface area contributed by atoms with Crippen LogP contribution in [0.2, 0.25) is 0 Å². The van der Waals surface area contributed by atoms with Crippen molar-refractivity contribution in [2.24, 2.45) is 5.92 Å². The number of hydrogen-bond acceptors (Lipinski definition) is 5. The molecule has 3 rings (SSSR count). The molecule has 1 saturated heterocycles. The van der Waals surface area contributed by atoms with Crippen LogP contribution in [0.5, 0.6) is 5.88 Å². The predicted molar refractivity (Wildman–Crippen MR) is 84.8 cm³/mol. The Morgan fingerprint density at radius 1 is 1.23 bits per heavy atom. The van der Waals surface area contributed by atoms with Gasteiger partial charge < -0.3 is 14.7 Å². The number of benzene rings is 1. The summed E-state index contributed by atoms with van der Waals surface area (Å²) in [7, 11) is 0. The molecule has 0 saturated carbocycles. The first-order valence-electron chi connectivity index (χ1n) is 7.70. The Morgan fingerprint density at radius 3 is 2.91 bits per heavy atom. The van der Waals surface area contributed by atoms with E-state index in [9.17, 15) is 0 Å². The van der Waals surface area contributed by atoms with Gasteiger partial charge in [-0.1, -0.05) is 30.3 Å². The van der Waals surface area contributed by atoms with Crippen LogP contribution >= 0.6 is 0 Å².